The first-order valence-corrected chi connectivity index (χ1v) is 12.2. The molecule has 0 atom stereocenters. The Morgan fingerprint density at radius 2 is 1.94 bits per heavy atom. The van der Waals surface area contributed by atoms with Crippen LogP contribution in [0.2, 0.25) is 5.02 Å². The number of halogens is 1. The molecule has 1 saturated heterocycles. The molecule has 0 bridgehead atoms. The Morgan fingerprint density at radius 1 is 1.16 bits per heavy atom. The highest BCUT2D eigenvalue weighted by atomic mass is 35.5. The highest BCUT2D eigenvalue weighted by molar-refractivity contribution is 7.99. The minimum absolute atomic E-state index is 0.0313. The molecule has 4 rings (SSSR count). The van der Waals surface area contributed by atoms with Crippen molar-refractivity contribution < 1.29 is 4.79 Å². The van der Waals surface area contributed by atoms with Crippen LogP contribution in [0.5, 0.6) is 0 Å². The van der Waals surface area contributed by atoms with E-state index >= 15 is 0 Å². The summed E-state index contributed by atoms with van der Waals surface area (Å²) in [6.45, 7) is 7.09. The number of nitrogens with zero attached hydrogens (tertiary/aromatic N) is 4. The second kappa shape index (κ2) is 10.5. The van der Waals surface area contributed by atoms with E-state index in [-0.39, 0.29) is 11.9 Å². The zero-order valence-electron chi connectivity index (χ0n) is 18.4. The molecule has 1 fully saturated rings. The van der Waals surface area contributed by atoms with Gasteiger partial charge in [0, 0.05) is 30.7 Å². The van der Waals surface area contributed by atoms with Gasteiger partial charge in [-0.25, -0.2) is 0 Å². The van der Waals surface area contributed by atoms with Crippen molar-refractivity contribution in [3.8, 4) is 5.69 Å². The Bertz CT molecular complexity index is 1080. The Balaban J connectivity index is 1.25. The third kappa shape index (κ3) is 5.71. The zero-order chi connectivity index (χ0) is 22.5. The Morgan fingerprint density at radius 3 is 2.69 bits per heavy atom. The molecule has 3 aromatic rings. The van der Waals surface area contributed by atoms with Crippen molar-refractivity contribution in [1.29, 1.82) is 0 Å². The number of carbonyl (C=O) groups is 1. The predicted octanol–water partition coefficient (Wildman–Crippen LogP) is 4.41. The molecule has 8 heteroatoms. The number of amides is 1. The number of thioether (sulfide) groups is 1. The number of likely N-dealkylation sites (tertiary alicyclic amines) is 1. The Hall–Kier alpha value is -2.35. The van der Waals surface area contributed by atoms with Gasteiger partial charge in [-0.15, -0.1) is 10.2 Å². The molecule has 0 radical (unpaired) electrons. The first-order chi connectivity index (χ1) is 15.5. The fraction of sp³-hybridized carbons (Fsp3) is 0.375. The lowest BCUT2D eigenvalue weighted by atomic mass is 10.0. The zero-order valence-corrected chi connectivity index (χ0v) is 20.0. The van der Waals surface area contributed by atoms with Gasteiger partial charge in [0.15, 0.2) is 5.16 Å². The van der Waals surface area contributed by atoms with E-state index in [1.807, 2.05) is 29.7 Å². The monoisotopic (exact) mass is 469 g/mol. The molecule has 1 N–H and O–H groups in total. The fourth-order valence-electron chi connectivity index (χ4n) is 3.89. The van der Waals surface area contributed by atoms with E-state index in [2.05, 4.69) is 51.6 Å². The van der Waals surface area contributed by atoms with Gasteiger partial charge in [0.1, 0.15) is 6.33 Å². The van der Waals surface area contributed by atoms with Crippen molar-refractivity contribution in [3.05, 3.63) is 70.5 Å². The maximum atomic E-state index is 12.5. The molecule has 0 saturated carbocycles. The summed E-state index contributed by atoms with van der Waals surface area (Å²) in [5, 5.41) is 12.7. The molecule has 6 nitrogen and oxygen atoms in total. The Labute approximate surface area is 198 Å². The second-order valence-corrected chi connectivity index (χ2v) is 9.60. The first-order valence-electron chi connectivity index (χ1n) is 10.8. The molecule has 32 heavy (non-hydrogen) atoms. The largest absolute Gasteiger partial charge is 0.353 e. The lowest BCUT2D eigenvalue weighted by Crippen LogP contribution is -2.44. The summed E-state index contributed by atoms with van der Waals surface area (Å²) in [7, 11) is 0. The molecule has 0 aliphatic carbocycles. The molecule has 0 unspecified atom stereocenters. The molecular weight excluding hydrogens is 442 g/mol. The topological polar surface area (TPSA) is 63.1 Å². The van der Waals surface area contributed by atoms with E-state index < -0.39 is 0 Å². The van der Waals surface area contributed by atoms with Crippen LogP contribution in [0.3, 0.4) is 0 Å². The fourth-order valence-corrected chi connectivity index (χ4v) is 4.81. The van der Waals surface area contributed by atoms with E-state index in [0.29, 0.717) is 15.9 Å². The van der Waals surface area contributed by atoms with Gasteiger partial charge in [-0.1, -0.05) is 53.7 Å². The lowest BCUT2D eigenvalue weighted by Gasteiger charge is -2.32. The van der Waals surface area contributed by atoms with E-state index in [4.69, 9.17) is 11.6 Å². The van der Waals surface area contributed by atoms with Gasteiger partial charge in [0.2, 0.25) is 5.91 Å². The van der Waals surface area contributed by atoms with Crippen LogP contribution in [0.25, 0.3) is 5.69 Å². The third-order valence-electron chi connectivity index (χ3n) is 5.89. The predicted molar refractivity (Wildman–Crippen MR) is 129 cm³/mol. The number of hydrogen-bond acceptors (Lipinski definition) is 5. The number of hydrogen-bond donors (Lipinski definition) is 1. The number of rotatable bonds is 7. The van der Waals surface area contributed by atoms with Crippen LogP contribution in [0.4, 0.5) is 0 Å². The number of carbonyl (C=O) groups excluding carboxylic acids is 1. The van der Waals surface area contributed by atoms with Crippen molar-refractivity contribution >= 4 is 29.3 Å². The summed E-state index contributed by atoms with van der Waals surface area (Å²) in [6, 6.07) is 14.6. The molecule has 1 aliphatic heterocycles. The van der Waals surface area contributed by atoms with Crippen LogP contribution in [0, 0.1) is 13.8 Å². The van der Waals surface area contributed by atoms with Gasteiger partial charge >= 0.3 is 0 Å². The van der Waals surface area contributed by atoms with Gasteiger partial charge in [-0.05, 0) is 55.5 Å². The SMILES string of the molecule is Cc1ccc(-n2cnnc2SCC(=O)NC2CCN(Cc3ccccc3C)CC2)cc1Cl. The smallest absolute Gasteiger partial charge is 0.230 e. The highest BCUT2D eigenvalue weighted by Crippen LogP contribution is 2.24. The van der Waals surface area contributed by atoms with Gasteiger partial charge < -0.3 is 5.32 Å². The highest BCUT2D eigenvalue weighted by Gasteiger charge is 2.21. The Kier molecular flexibility index (Phi) is 7.50. The van der Waals surface area contributed by atoms with Crippen molar-refractivity contribution in [2.24, 2.45) is 0 Å². The maximum Gasteiger partial charge on any atom is 0.230 e. The summed E-state index contributed by atoms with van der Waals surface area (Å²) < 4.78 is 1.85. The quantitative estimate of drug-likeness (QED) is 0.519. The van der Waals surface area contributed by atoms with Crippen LogP contribution in [-0.4, -0.2) is 50.5 Å². The molecule has 168 valence electrons. The van der Waals surface area contributed by atoms with Crippen molar-refractivity contribution in [2.75, 3.05) is 18.8 Å². The van der Waals surface area contributed by atoms with Gasteiger partial charge in [-0.3, -0.25) is 14.3 Å². The second-order valence-electron chi connectivity index (χ2n) is 8.25. The van der Waals surface area contributed by atoms with E-state index in [1.54, 1.807) is 6.33 Å². The lowest BCUT2D eigenvalue weighted by molar-refractivity contribution is -0.119. The minimum Gasteiger partial charge on any atom is -0.353 e. The third-order valence-corrected chi connectivity index (χ3v) is 7.24. The molecule has 2 heterocycles. The number of aromatic nitrogens is 3. The molecular formula is C24H28ClN5OS. The van der Waals surface area contributed by atoms with Crippen molar-refractivity contribution in [3.63, 3.8) is 0 Å². The number of piperidine rings is 1. The minimum atomic E-state index is 0.0313. The summed E-state index contributed by atoms with van der Waals surface area (Å²) >= 11 is 7.64. The van der Waals surface area contributed by atoms with Crippen molar-refractivity contribution in [1.82, 2.24) is 25.0 Å². The van der Waals surface area contributed by atoms with Crippen LogP contribution < -0.4 is 5.32 Å². The number of nitrogens with one attached hydrogen (secondary N) is 1. The van der Waals surface area contributed by atoms with E-state index in [0.717, 1.165) is 43.7 Å². The van der Waals surface area contributed by atoms with E-state index in [1.165, 1.54) is 22.9 Å². The first kappa shape index (κ1) is 22.8. The van der Waals surface area contributed by atoms with E-state index in [9.17, 15) is 4.79 Å². The summed E-state index contributed by atoms with van der Waals surface area (Å²) in [5.41, 5.74) is 4.61. The average Bonchev–Trinajstić information content (AvgIpc) is 3.26. The van der Waals surface area contributed by atoms with Crippen LogP contribution in [0.1, 0.15) is 29.5 Å². The molecule has 1 amide bonds. The van der Waals surface area contributed by atoms with Gasteiger partial charge in [0.25, 0.3) is 0 Å². The van der Waals surface area contributed by atoms with Crippen LogP contribution in [-0.2, 0) is 11.3 Å². The molecule has 1 aromatic heterocycles. The van der Waals surface area contributed by atoms with Gasteiger partial charge in [-0.2, -0.15) is 0 Å². The summed E-state index contributed by atoms with van der Waals surface area (Å²) in [4.78, 5) is 15.0. The van der Waals surface area contributed by atoms with Gasteiger partial charge in [0.05, 0.1) is 11.4 Å². The van der Waals surface area contributed by atoms with Crippen LogP contribution >= 0.6 is 23.4 Å². The molecule has 2 aromatic carbocycles. The molecule has 1 aliphatic rings. The number of benzene rings is 2. The summed E-state index contributed by atoms with van der Waals surface area (Å²) in [5.74, 6) is 0.339. The summed E-state index contributed by atoms with van der Waals surface area (Å²) in [6.07, 6.45) is 3.59. The average molecular weight is 470 g/mol. The number of aryl methyl sites for hydroxylation is 2. The maximum absolute atomic E-state index is 12.5. The molecule has 0 spiro atoms. The normalized spacial score (nSPS) is 15.1. The standard InChI is InChI=1S/C24H28ClN5OS/c1-17-5-3-4-6-19(17)14-29-11-9-20(10-12-29)27-23(31)15-32-24-28-26-16-30(24)21-8-7-18(2)22(25)13-21/h3-8,13,16,20H,9-12,14-15H2,1-2H3,(H,27,31). The van der Waals surface area contributed by atoms with Crippen molar-refractivity contribution in [2.45, 2.75) is 44.4 Å². The van der Waals surface area contributed by atoms with Crippen LogP contribution in [0.15, 0.2) is 53.9 Å².